The lowest BCUT2D eigenvalue weighted by Gasteiger charge is -2.10. The molecule has 1 heterocycles. The van der Waals surface area contributed by atoms with Crippen LogP contribution in [0.1, 0.15) is 31.8 Å². The molecule has 0 aromatic heterocycles. The van der Waals surface area contributed by atoms with Gasteiger partial charge < -0.3 is 5.32 Å². The van der Waals surface area contributed by atoms with Gasteiger partial charge in [-0.2, -0.15) is 0 Å². The average molecular weight is 402 g/mol. The minimum atomic E-state index is -0.446. The molecule has 3 amide bonds. The van der Waals surface area contributed by atoms with Gasteiger partial charge in [0, 0.05) is 18.3 Å². The van der Waals surface area contributed by atoms with Crippen molar-refractivity contribution in [1.29, 1.82) is 0 Å². The minimum Gasteiger partial charge on any atom is -0.326 e. The number of hydrogen-bond acceptors (Lipinski definition) is 3. The van der Waals surface area contributed by atoms with Crippen molar-refractivity contribution in [2.24, 2.45) is 0 Å². The van der Waals surface area contributed by atoms with Gasteiger partial charge in [-0.15, -0.1) is 0 Å². The number of rotatable bonds is 4. The van der Waals surface area contributed by atoms with Crippen molar-refractivity contribution in [3.05, 3.63) is 88.7 Å². The molecule has 0 fully saturated rings. The largest absolute Gasteiger partial charge is 0.326 e. The van der Waals surface area contributed by atoms with Crippen LogP contribution in [0.5, 0.6) is 0 Å². The fourth-order valence-corrected chi connectivity index (χ4v) is 3.69. The predicted molar refractivity (Wildman–Crippen MR) is 112 cm³/mol. The van der Waals surface area contributed by atoms with Crippen LogP contribution in [0.3, 0.4) is 0 Å². The number of carbonyl (C=O) groups is 3. The molecule has 0 atom stereocenters. The van der Waals surface area contributed by atoms with Gasteiger partial charge in [-0.1, -0.05) is 36.4 Å². The van der Waals surface area contributed by atoms with E-state index in [1.54, 1.807) is 31.2 Å². The van der Waals surface area contributed by atoms with E-state index in [2.05, 4.69) is 5.32 Å². The lowest BCUT2D eigenvalue weighted by atomic mass is 9.97. The van der Waals surface area contributed by atoms with Crippen molar-refractivity contribution in [3.63, 3.8) is 0 Å². The quantitative estimate of drug-likeness (QED) is 0.665. The molecule has 30 heavy (non-hydrogen) atoms. The maximum atomic E-state index is 14.5. The minimum absolute atomic E-state index is 0.0983. The molecule has 3 aromatic carbocycles. The highest BCUT2D eigenvalue weighted by atomic mass is 19.1. The van der Waals surface area contributed by atoms with E-state index in [9.17, 15) is 18.8 Å². The number of imide groups is 1. The fraction of sp³-hybridized carbons (Fsp3) is 0.125. The second-order valence-electron chi connectivity index (χ2n) is 7.30. The first-order valence-corrected chi connectivity index (χ1v) is 9.46. The van der Waals surface area contributed by atoms with Crippen molar-refractivity contribution < 1.29 is 18.8 Å². The number of carbonyl (C=O) groups excluding carboxylic acids is 3. The summed E-state index contributed by atoms with van der Waals surface area (Å²) in [5, 5.41) is 2.67. The van der Waals surface area contributed by atoms with Crippen LogP contribution in [0, 0.1) is 12.7 Å². The van der Waals surface area contributed by atoms with E-state index in [1.807, 2.05) is 30.3 Å². The van der Waals surface area contributed by atoms with E-state index in [1.165, 1.54) is 13.1 Å². The summed E-state index contributed by atoms with van der Waals surface area (Å²) in [5.74, 6) is -1.64. The second kappa shape index (κ2) is 7.55. The molecule has 4 rings (SSSR count). The van der Waals surface area contributed by atoms with Gasteiger partial charge in [0.05, 0.1) is 17.5 Å². The van der Waals surface area contributed by atoms with Crippen LogP contribution < -0.4 is 5.32 Å². The summed E-state index contributed by atoms with van der Waals surface area (Å²) < 4.78 is 14.5. The Balaban J connectivity index is 1.56. The van der Waals surface area contributed by atoms with Gasteiger partial charge in [0.2, 0.25) is 5.91 Å². The average Bonchev–Trinajstić information content (AvgIpc) is 2.92. The number of amides is 3. The van der Waals surface area contributed by atoms with Crippen LogP contribution in [-0.4, -0.2) is 29.7 Å². The summed E-state index contributed by atoms with van der Waals surface area (Å²) in [7, 11) is 1.42. The number of fused-ring (bicyclic) bond motifs is 1. The molecule has 0 radical (unpaired) electrons. The van der Waals surface area contributed by atoms with Gasteiger partial charge >= 0.3 is 0 Å². The molecule has 0 spiro atoms. The molecule has 6 heteroatoms. The number of hydrogen-bond donors (Lipinski definition) is 1. The first-order chi connectivity index (χ1) is 14.3. The van der Waals surface area contributed by atoms with Gasteiger partial charge in [-0.3, -0.25) is 19.3 Å². The van der Waals surface area contributed by atoms with Crippen molar-refractivity contribution >= 4 is 23.4 Å². The zero-order valence-electron chi connectivity index (χ0n) is 16.5. The van der Waals surface area contributed by atoms with Gasteiger partial charge in [-0.05, 0) is 47.9 Å². The third-order valence-corrected chi connectivity index (χ3v) is 5.11. The molecule has 0 saturated heterocycles. The number of anilines is 1. The summed E-state index contributed by atoms with van der Waals surface area (Å²) in [4.78, 5) is 38.3. The lowest BCUT2D eigenvalue weighted by molar-refractivity contribution is -0.115. The second-order valence-corrected chi connectivity index (χ2v) is 7.30. The molecule has 1 N–H and O–H groups in total. The Labute approximate surface area is 173 Å². The standard InChI is InChI=1S/C24H19FN2O3/c1-14-10-16(22-19(11-14)23(29)27(2)24(22)30)12-21(28)26-17-8-9-18(20(25)13-17)15-6-4-3-5-7-15/h3-11,13H,12H2,1-2H3,(H,26,28). The highest BCUT2D eigenvalue weighted by molar-refractivity contribution is 6.22. The summed E-state index contributed by atoms with van der Waals surface area (Å²) in [6.07, 6.45) is -0.0983. The van der Waals surface area contributed by atoms with Crippen molar-refractivity contribution in [2.45, 2.75) is 13.3 Å². The first kappa shape index (κ1) is 19.5. The smallest absolute Gasteiger partial charge is 0.261 e. The fourth-order valence-electron chi connectivity index (χ4n) is 3.69. The third kappa shape index (κ3) is 3.48. The van der Waals surface area contributed by atoms with Crippen molar-refractivity contribution in [3.8, 4) is 11.1 Å². The molecule has 0 aliphatic carbocycles. The Kier molecular flexibility index (Phi) is 4.91. The molecule has 1 aliphatic rings. The zero-order chi connectivity index (χ0) is 21.4. The SMILES string of the molecule is Cc1cc(CC(=O)Nc2ccc(-c3ccccc3)c(F)c2)c2c(c1)C(=O)N(C)C2=O. The molecule has 0 bridgehead atoms. The van der Waals surface area contributed by atoms with E-state index >= 15 is 0 Å². The molecule has 5 nitrogen and oxygen atoms in total. The Morgan fingerprint density at radius 1 is 0.967 bits per heavy atom. The maximum Gasteiger partial charge on any atom is 0.261 e. The predicted octanol–water partition coefficient (Wildman–Crippen LogP) is 4.21. The van der Waals surface area contributed by atoms with E-state index in [0.717, 1.165) is 16.0 Å². The molecular weight excluding hydrogens is 383 g/mol. The lowest BCUT2D eigenvalue weighted by Crippen LogP contribution is -2.24. The number of aryl methyl sites for hydroxylation is 1. The van der Waals surface area contributed by atoms with Gasteiger partial charge in [0.25, 0.3) is 11.8 Å². The zero-order valence-corrected chi connectivity index (χ0v) is 16.5. The Morgan fingerprint density at radius 3 is 2.40 bits per heavy atom. The van der Waals surface area contributed by atoms with Crippen molar-refractivity contribution in [2.75, 3.05) is 12.4 Å². The van der Waals surface area contributed by atoms with Crippen LogP contribution in [-0.2, 0) is 11.2 Å². The molecule has 150 valence electrons. The highest BCUT2D eigenvalue weighted by Crippen LogP contribution is 2.28. The van der Waals surface area contributed by atoms with Gasteiger partial charge in [0.1, 0.15) is 5.82 Å². The Bertz CT molecular complexity index is 1190. The van der Waals surface area contributed by atoms with Gasteiger partial charge in [-0.25, -0.2) is 4.39 Å². The molecule has 3 aromatic rings. The van der Waals surface area contributed by atoms with E-state index < -0.39 is 17.6 Å². The van der Waals surface area contributed by atoms with E-state index in [-0.39, 0.29) is 17.9 Å². The van der Waals surface area contributed by atoms with Gasteiger partial charge in [0.15, 0.2) is 0 Å². The molecular formula is C24H19FN2O3. The number of halogens is 1. The molecule has 1 aliphatic heterocycles. The van der Waals surface area contributed by atoms with Crippen LogP contribution in [0.2, 0.25) is 0 Å². The molecule has 0 saturated carbocycles. The third-order valence-electron chi connectivity index (χ3n) is 5.11. The number of benzene rings is 3. The summed E-state index contributed by atoms with van der Waals surface area (Å²) >= 11 is 0. The number of nitrogens with one attached hydrogen (secondary N) is 1. The molecule has 0 unspecified atom stereocenters. The monoisotopic (exact) mass is 402 g/mol. The van der Waals surface area contributed by atoms with Crippen LogP contribution in [0.4, 0.5) is 10.1 Å². The highest BCUT2D eigenvalue weighted by Gasteiger charge is 2.35. The van der Waals surface area contributed by atoms with Crippen LogP contribution >= 0.6 is 0 Å². The Hall–Kier alpha value is -3.80. The summed E-state index contributed by atoms with van der Waals surface area (Å²) in [6.45, 7) is 1.80. The summed E-state index contributed by atoms with van der Waals surface area (Å²) in [5.41, 5.74) is 3.34. The van der Waals surface area contributed by atoms with E-state index in [4.69, 9.17) is 0 Å². The Morgan fingerprint density at radius 2 is 1.70 bits per heavy atom. The summed E-state index contributed by atoms with van der Waals surface area (Å²) in [6, 6.07) is 17.0. The van der Waals surface area contributed by atoms with Crippen molar-refractivity contribution in [1.82, 2.24) is 4.90 Å². The van der Waals surface area contributed by atoms with E-state index in [0.29, 0.717) is 22.4 Å². The first-order valence-electron chi connectivity index (χ1n) is 9.46. The van der Waals surface area contributed by atoms with Crippen LogP contribution in [0.25, 0.3) is 11.1 Å². The topological polar surface area (TPSA) is 66.5 Å². The maximum absolute atomic E-state index is 14.5. The normalized spacial score (nSPS) is 12.8. The number of nitrogens with zero attached hydrogens (tertiary/aromatic N) is 1. The van der Waals surface area contributed by atoms with Crippen LogP contribution in [0.15, 0.2) is 60.7 Å².